The minimum atomic E-state index is 1.62. The van der Waals surface area contributed by atoms with Gasteiger partial charge in [0.05, 0.1) is 0 Å². The highest BCUT2D eigenvalue weighted by Crippen LogP contribution is 1.68. The highest BCUT2D eigenvalue weighted by atomic mass is 127. The van der Waals surface area contributed by atoms with E-state index in [0.29, 0.717) is 0 Å². The Morgan fingerprint density at radius 1 is 2.00 bits per heavy atom. The predicted molar refractivity (Wildman–Crippen MR) is 22.4 cm³/mol. The summed E-state index contributed by atoms with van der Waals surface area (Å²) in [6.07, 6.45) is 0. The Hall–Kier alpha value is 0.610. The lowest BCUT2D eigenvalue weighted by Gasteiger charge is -1.76. The lowest BCUT2D eigenvalue weighted by atomic mass is 12.8. The Labute approximate surface area is 38.1 Å². The fourth-order valence-corrected chi connectivity index (χ4v) is 0. The van der Waals surface area contributed by atoms with Crippen LogP contribution in [0.15, 0.2) is 0 Å². The predicted octanol–water partition coefficient (Wildman–Crippen LogP) is -0.269. The lowest BCUT2D eigenvalue weighted by molar-refractivity contribution is 0.288. The van der Waals surface area contributed by atoms with Gasteiger partial charge in [-0.05, 0) is 0 Å². The molecule has 26 valence electrons. The maximum atomic E-state index is 4.55. The fourth-order valence-electron chi connectivity index (χ4n) is 0. The second-order valence-electron chi connectivity index (χ2n) is 0.195. The molecule has 0 aromatic heterocycles. The van der Waals surface area contributed by atoms with Gasteiger partial charge in [0.15, 0.2) is 0 Å². The van der Waals surface area contributed by atoms with Crippen LogP contribution in [0.2, 0.25) is 0 Å². The van der Waals surface area contributed by atoms with Crippen molar-refractivity contribution in [2.75, 3.05) is 0 Å². The van der Waals surface area contributed by atoms with Crippen LogP contribution in [0.3, 0.4) is 0 Å². The van der Waals surface area contributed by atoms with Gasteiger partial charge in [-0.1, -0.05) is 0 Å². The van der Waals surface area contributed by atoms with Crippen LogP contribution in [0.5, 0.6) is 0 Å². The number of nitrogens with one attached hydrogen (secondary N) is 1. The molecule has 0 saturated carbocycles. The molecule has 0 heterocycles. The first-order chi connectivity index (χ1) is 1.91. The molecule has 0 spiro atoms. The van der Waals surface area contributed by atoms with Crippen LogP contribution in [0.1, 0.15) is 0 Å². The smallest absolute Gasteiger partial charge is 0.138 e. The van der Waals surface area contributed by atoms with Crippen LogP contribution in [0.4, 0.5) is 0 Å². The minimum Gasteiger partial charge on any atom is -0.247 e. The molecule has 0 unspecified atom stereocenters. The molecule has 0 aromatic rings. The molecule has 0 atom stereocenters. The molecule has 0 aromatic carbocycles. The van der Waals surface area contributed by atoms with Gasteiger partial charge in [-0.3, -0.25) is 0 Å². The van der Waals surface area contributed by atoms with E-state index in [0.717, 1.165) is 0 Å². The molecule has 0 amide bonds. The van der Waals surface area contributed by atoms with Gasteiger partial charge in [0.1, 0.15) is 23.0 Å². The first kappa shape index (κ1) is 4.61. The van der Waals surface area contributed by atoms with Crippen LogP contribution >= 0.6 is 23.0 Å². The molecule has 3 nitrogen and oxygen atoms in total. The molecule has 4 heavy (non-hydrogen) atoms. The molecule has 0 aliphatic rings. The van der Waals surface area contributed by atoms with E-state index in [1.54, 1.807) is 23.0 Å². The molecule has 0 aliphatic carbocycles. The summed E-state index contributed by atoms with van der Waals surface area (Å²) in [6, 6.07) is 0. The summed E-state index contributed by atoms with van der Waals surface area (Å²) in [7, 11) is 0. The topological polar surface area (TPSA) is 47.3 Å². The summed E-state index contributed by atoms with van der Waals surface area (Å²) in [6.45, 7) is 0. The van der Waals surface area contributed by atoms with E-state index in [9.17, 15) is 0 Å². The summed E-state index contributed by atoms with van der Waals surface area (Å²) in [4.78, 5) is 0. The van der Waals surface area contributed by atoms with Gasteiger partial charge >= 0.3 is 0 Å². The lowest BCUT2D eigenvalue weighted by Crippen LogP contribution is -2.16. The van der Waals surface area contributed by atoms with Crippen molar-refractivity contribution in [1.82, 2.24) is 5.59 Å². The van der Waals surface area contributed by atoms with Gasteiger partial charge in [0, 0.05) is 0 Å². The minimum absolute atomic E-state index is 1.62. The quantitative estimate of drug-likeness (QED) is 0.326. The number of hydrogen-bond acceptors (Lipinski definition) is 3. The van der Waals surface area contributed by atoms with Gasteiger partial charge in [0.25, 0.3) is 0 Å². The summed E-state index contributed by atoms with van der Waals surface area (Å²) in [5.74, 6) is 4.55. The van der Waals surface area contributed by atoms with Crippen molar-refractivity contribution in [2.24, 2.45) is 5.84 Å². The highest BCUT2D eigenvalue weighted by molar-refractivity contribution is 14.1. The zero-order chi connectivity index (χ0) is 3.41. The van der Waals surface area contributed by atoms with Crippen molar-refractivity contribution in [3.8, 4) is 0 Å². The second-order valence-corrected chi connectivity index (χ2v) is 0.635. The Balaban J connectivity index is 1.97. The molecule has 0 fully saturated rings. The van der Waals surface area contributed by atoms with E-state index < -0.39 is 0 Å². The van der Waals surface area contributed by atoms with E-state index in [2.05, 4.69) is 9.01 Å². The largest absolute Gasteiger partial charge is 0.247 e. The standard InChI is InChI=1S/H3IN2O/c1-4-3-2/h3H,2H2. The number of rotatable bonds is 1. The highest BCUT2D eigenvalue weighted by Gasteiger charge is 1.49. The maximum Gasteiger partial charge on any atom is 0.138 e. The van der Waals surface area contributed by atoms with Crippen LogP contribution in [-0.4, -0.2) is 0 Å². The average Bonchev–Trinajstić information content (AvgIpc) is 1.37. The molecule has 3 N–H and O–H groups in total. The Morgan fingerprint density at radius 3 is 2.25 bits per heavy atom. The van der Waals surface area contributed by atoms with Crippen LogP contribution in [0, 0.1) is 0 Å². The van der Waals surface area contributed by atoms with Crippen molar-refractivity contribution < 1.29 is 3.17 Å². The number of nitrogens with two attached hydrogens (primary N) is 1. The SMILES string of the molecule is NNOI. The van der Waals surface area contributed by atoms with Crippen molar-refractivity contribution in [3.05, 3.63) is 0 Å². The van der Waals surface area contributed by atoms with Gasteiger partial charge in [-0.2, -0.15) is 0 Å². The van der Waals surface area contributed by atoms with E-state index >= 15 is 0 Å². The van der Waals surface area contributed by atoms with Gasteiger partial charge in [-0.25, -0.2) is 9.01 Å². The molecule has 0 radical (unpaired) electrons. The first-order valence-corrected chi connectivity index (χ1v) is 1.53. The summed E-state index contributed by atoms with van der Waals surface area (Å²) in [5.41, 5.74) is 1.92. The van der Waals surface area contributed by atoms with Gasteiger partial charge in [-0.15, -0.1) is 5.59 Å². The van der Waals surface area contributed by atoms with Crippen molar-refractivity contribution in [2.45, 2.75) is 0 Å². The average molecular weight is 174 g/mol. The summed E-state index contributed by atoms with van der Waals surface area (Å²) in [5, 5.41) is 0. The molecular formula is H3IN2O. The molecular weight excluding hydrogens is 171 g/mol. The van der Waals surface area contributed by atoms with Gasteiger partial charge < -0.3 is 0 Å². The third kappa shape index (κ3) is 2.61. The monoisotopic (exact) mass is 174 g/mol. The van der Waals surface area contributed by atoms with Crippen molar-refractivity contribution in [1.29, 1.82) is 0 Å². The summed E-state index contributed by atoms with van der Waals surface area (Å²) < 4.78 is 4.04. The maximum absolute atomic E-state index is 4.55. The number of hydrazine groups is 1. The van der Waals surface area contributed by atoms with E-state index in [-0.39, 0.29) is 0 Å². The van der Waals surface area contributed by atoms with E-state index in [4.69, 9.17) is 0 Å². The normalized spacial score (nSPS) is 7.50. The van der Waals surface area contributed by atoms with E-state index in [1.165, 1.54) is 0 Å². The van der Waals surface area contributed by atoms with Crippen LogP contribution in [0.25, 0.3) is 0 Å². The Bertz CT molecular complexity index is 8.00. The van der Waals surface area contributed by atoms with Gasteiger partial charge in [0.2, 0.25) is 0 Å². The Kier molecular flexibility index (Phi) is 4.16. The zero-order valence-corrected chi connectivity index (χ0v) is 4.02. The molecule has 0 saturated heterocycles. The van der Waals surface area contributed by atoms with Crippen LogP contribution < -0.4 is 11.4 Å². The molecule has 0 aliphatic heterocycles. The third-order valence-electron chi connectivity index (χ3n) is 0.0445. The zero-order valence-electron chi connectivity index (χ0n) is 1.86. The fraction of sp³-hybridized carbons (Fsp3) is 0. The molecule has 0 bridgehead atoms. The van der Waals surface area contributed by atoms with Crippen molar-refractivity contribution >= 4 is 23.0 Å². The molecule has 4 heteroatoms. The Morgan fingerprint density at radius 2 is 2.25 bits per heavy atom. The first-order valence-electron chi connectivity index (χ1n) is 0.647. The third-order valence-corrected chi connectivity index (χ3v) is 0.299. The van der Waals surface area contributed by atoms with E-state index in [1.807, 2.05) is 5.59 Å². The second kappa shape index (κ2) is 3.61. The molecule has 0 rings (SSSR count). The van der Waals surface area contributed by atoms with Crippen molar-refractivity contribution in [3.63, 3.8) is 0 Å². The number of halogens is 1. The van der Waals surface area contributed by atoms with Crippen LogP contribution in [-0.2, 0) is 3.17 Å². The number of hydrogen-bond donors (Lipinski definition) is 2. The summed E-state index contributed by atoms with van der Waals surface area (Å²) >= 11 is 1.62.